The van der Waals surface area contributed by atoms with Gasteiger partial charge in [-0.3, -0.25) is 4.79 Å². The lowest BCUT2D eigenvalue weighted by Gasteiger charge is -2.12. The van der Waals surface area contributed by atoms with Crippen molar-refractivity contribution in [2.75, 3.05) is 11.9 Å². The second-order valence-corrected chi connectivity index (χ2v) is 8.16. The van der Waals surface area contributed by atoms with Crippen molar-refractivity contribution in [3.05, 3.63) is 94.5 Å². The van der Waals surface area contributed by atoms with Gasteiger partial charge in [0.2, 0.25) is 0 Å². The lowest BCUT2D eigenvalue weighted by molar-refractivity contribution is -0.137. The number of rotatable bonds is 5. The summed E-state index contributed by atoms with van der Waals surface area (Å²) in [4.78, 5) is 29.8. The first-order valence-electron chi connectivity index (χ1n) is 10.4. The molecule has 9 heteroatoms. The Bertz CT molecular complexity index is 1420. The minimum atomic E-state index is -4.60. The lowest BCUT2D eigenvalue weighted by Crippen LogP contribution is -2.21. The van der Waals surface area contributed by atoms with Gasteiger partial charge in [-0.15, -0.1) is 0 Å². The molecular formula is C26H18ClF3N2O3. The van der Waals surface area contributed by atoms with Crippen molar-refractivity contribution < 1.29 is 27.5 Å². The van der Waals surface area contributed by atoms with E-state index in [-0.39, 0.29) is 16.3 Å². The van der Waals surface area contributed by atoms with Crippen molar-refractivity contribution >= 4 is 40.1 Å². The summed E-state index contributed by atoms with van der Waals surface area (Å²) < 4.78 is 44.0. The van der Waals surface area contributed by atoms with Gasteiger partial charge in [-0.05, 0) is 37.3 Å². The molecule has 0 atom stereocenters. The third kappa shape index (κ3) is 5.60. The molecule has 0 aliphatic heterocycles. The molecule has 1 heterocycles. The van der Waals surface area contributed by atoms with Crippen LogP contribution in [0.15, 0.2) is 72.8 Å². The molecule has 1 amide bonds. The number of aryl methyl sites for hydroxylation is 1. The quantitative estimate of drug-likeness (QED) is 0.312. The van der Waals surface area contributed by atoms with E-state index in [1.807, 2.05) is 31.2 Å². The Labute approximate surface area is 203 Å². The molecule has 0 fully saturated rings. The van der Waals surface area contributed by atoms with E-state index in [2.05, 4.69) is 10.3 Å². The first kappa shape index (κ1) is 24.2. The Hall–Kier alpha value is -3.91. The van der Waals surface area contributed by atoms with Crippen LogP contribution >= 0.6 is 11.6 Å². The number of fused-ring (bicyclic) bond motifs is 1. The Morgan fingerprint density at radius 1 is 1.00 bits per heavy atom. The third-order valence-corrected chi connectivity index (χ3v) is 5.52. The number of para-hydroxylation sites is 1. The average Bonchev–Trinajstić information content (AvgIpc) is 2.83. The van der Waals surface area contributed by atoms with Gasteiger partial charge in [-0.1, -0.05) is 59.6 Å². The van der Waals surface area contributed by atoms with Crippen LogP contribution in [0.2, 0.25) is 5.02 Å². The summed E-state index contributed by atoms with van der Waals surface area (Å²) in [6.45, 7) is 1.24. The van der Waals surface area contributed by atoms with Crippen molar-refractivity contribution in [1.82, 2.24) is 4.98 Å². The Morgan fingerprint density at radius 3 is 2.43 bits per heavy atom. The molecule has 0 saturated heterocycles. The number of halogens is 4. The van der Waals surface area contributed by atoms with Gasteiger partial charge < -0.3 is 10.1 Å². The van der Waals surface area contributed by atoms with E-state index >= 15 is 0 Å². The minimum absolute atomic E-state index is 0.0828. The standard InChI is InChI=1S/C26H18ClF3N2O3/c1-15-6-8-16(9-7-15)22-13-19(18-4-2-3-5-21(18)31-22)25(34)35-14-24(33)32-23-12-17(26(28,29)30)10-11-20(23)27/h2-13H,14H2,1H3,(H,32,33). The molecule has 0 spiro atoms. The van der Waals surface area contributed by atoms with Crippen LogP contribution in [-0.4, -0.2) is 23.5 Å². The van der Waals surface area contributed by atoms with Gasteiger partial charge in [-0.2, -0.15) is 13.2 Å². The molecule has 0 aliphatic rings. The van der Waals surface area contributed by atoms with Crippen LogP contribution in [-0.2, 0) is 15.7 Å². The van der Waals surface area contributed by atoms with E-state index < -0.39 is 30.2 Å². The maximum atomic E-state index is 13.0. The number of amides is 1. The number of anilines is 1. The van der Waals surface area contributed by atoms with E-state index in [1.165, 1.54) is 0 Å². The number of carbonyl (C=O) groups excluding carboxylic acids is 2. The van der Waals surface area contributed by atoms with Gasteiger partial charge in [0.05, 0.1) is 33.0 Å². The van der Waals surface area contributed by atoms with Crippen LogP contribution in [0.3, 0.4) is 0 Å². The molecule has 5 nitrogen and oxygen atoms in total. The van der Waals surface area contributed by atoms with Crippen molar-refractivity contribution in [3.8, 4) is 11.3 Å². The molecule has 178 valence electrons. The number of pyridine rings is 1. The van der Waals surface area contributed by atoms with Crippen LogP contribution in [0.1, 0.15) is 21.5 Å². The molecule has 0 bridgehead atoms. The topological polar surface area (TPSA) is 68.3 Å². The molecule has 0 radical (unpaired) electrons. The van der Waals surface area contributed by atoms with Gasteiger partial charge in [0, 0.05) is 10.9 Å². The summed E-state index contributed by atoms with van der Waals surface area (Å²) in [7, 11) is 0. The molecule has 1 N–H and O–H groups in total. The number of hydrogen-bond donors (Lipinski definition) is 1. The number of hydrogen-bond acceptors (Lipinski definition) is 4. The van der Waals surface area contributed by atoms with Gasteiger partial charge in [0.25, 0.3) is 5.91 Å². The predicted molar refractivity (Wildman–Crippen MR) is 127 cm³/mol. The van der Waals surface area contributed by atoms with E-state index in [4.69, 9.17) is 16.3 Å². The number of alkyl halides is 3. The van der Waals surface area contributed by atoms with Gasteiger partial charge in [-0.25, -0.2) is 9.78 Å². The molecular weight excluding hydrogens is 481 g/mol. The normalized spacial score (nSPS) is 11.3. The average molecular weight is 499 g/mol. The van der Waals surface area contributed by atoms with Crippen LogP contribution in [0, 0.1) is 6.92 Å². The fraction of sp³-hybridized carbons (Fsp3) is 0.115. The van der Waals surface area contributed by atoms with E-state index in [1.54, 1.807) is 30.3 Å². The van der Waals surface area contributed by atoms with Crippen LogP contribution in [0.5, 0.6) is 0 Å². The maximum absolute atomic E-state index is 13.0. The summed E-state index contributed by atoms with van der Waals surface area (Å²) in [5.74, 6) is -1.61. The van der Waals surface area contributed by atoms with Crippen molar-refractivity contribution in [2.45, 2.75) is 13.1 Å². The van der Waals surface area contributed by atoms with Crippen molar-refractivity contribution in [3.63, 3.8) is 0 Å². The highest BCUT2D eigenvalue weighted by molar-refractivity contribution is 6.33. The highest BCUT2D eigenvalue weighted by Crippen LogP contribution is 2.34. The number of ether oxygens (including phenoxy) is 1. The summed E-state index contributed by atoms with van der Waals surface area (Å²) in [6.07, 6.45) is -4.60. The van der Waals surface area contributed by atoms with Crippen LogP contribution in [0.25, 0.3) is 22.2 Å². The summed E-state index contributed by atoms with van der Waals surface area (Å²) in [6, 6.07) is 18.7. The predicted octanol–water partition coefficient (Wildman–Crippen LogP) is 6.68. The molecule has 0 unspecified atom stereocenters. The zero-order valence-electron chi connectivity index (χ0n) is 18.3. The number of nitrogens with zero attached hydrogens (tertiary/aromatic N) is 1. The summed E-state index contributed by atoms with van der Waals surface area (Å²) in [5.41, 5.74) is 1.98. The Balaban J connectivity index is 1.54. The van der Waals surface area contributed by atoms with Gasteiger partial charge in [0.15, 0.2) is 6.61 Å². The first-order chi connectivity index (χ1) is 16.6. The van der Waals surface area contributed by atoms with Gasteiger partial charge in [0.1, 0.15) is 0 Å². The van der Waals surface area contributed by atoms with Crippen molar-refractivity contribution in [1.29, 1.82) is 0 Å². The molecule has 0 aliphatic carbocycles. The third-order valence-electron chi connectivity index (χ3n) is 5.19. The van der Waals surface area contributed by atoms with E-state index in [0.717, 1.165) is 23.3 Å². The van der Waals surface area contributed by atoms with E-state index in [0.29, 0.717) is 22.7 Å². The first-order valence-corrected chi connectivity index (χ1v) is 10.8. The van der Waals surface area contributed by atoms with Crippen molar-refractivity contribution in [2.24, 2.45) is 0 Å². The molecule has 35 heavy (non-hydrogen) atoms. The monoisotopic (exact) mass is 498 g/mol. The largest absolute Gasteiger partial charge is 0.452 e. The molecule has 4 rings (SSSR count). The molecule has 0 saturated carbocycles. The number of benzene rings is 3. The fourth-order valence-corrected chi connectivity index (χ4v) is 3.57. The van der Waals surface area contributed by atoms with Crippen LogP contribution < -0.4 is 5.32 Å². The number of aromatic nitrogens is 1. The molecule has 1 aromatic heterocycles. The number of nitrogens with one attached hydrogen (secondary N) is 1. The highest BCUT2D eigenvalue weighted by atomic mass is 35.5. The molecule has 4 aromatic rings. The lowest BCUT2D eigenvalue weighted by atomic mass is 10.0. The summed E-state index contributed by atoms with van der Waals surface area (Å²) in [5, 5.41) is 2.70. The second kappa shape index (κ2) is 9.76. The number of carbonyl (C=O) groups is 2. The maximum Gasteiger partial charge on any atom is 0.416 e. The van der Waals surface area contributed by atoms with Crippen LogP contribution in [0.4, 0.5) is 18.9 Å². The SMILES string of the molecule is Cc1ccc(-c2cc(C(=O)OCC(=O)Nc3cc(C(F)(F)F)ccc3Cl)c3ccccc3n2)cc1. The zero-order valence-corrected chi connectivity index (χ0v) is 19.1. The smallest absolute Gasteiger partial charge is 0.416 e. The minimum Gasteiger partial charge on any atom is -0.452 e. The molecule has 3 aromatic carbocycles. The zero-order chi connectivity index (χ0) is 25.2. The number of esters is 1. The Morgan fingerprint density at radius 2 is 1.71 bits per heavy atom. The summed E-state index contributed by atoms with van der Waals surface area (Å²) >= 11 is 5.90. The van der Waals surface area contributed by atoms with Gasteiger partial charge >= 0.3 is 12.1 Å². The van der Waals surface area contributed by atoms with E-state index in [9.17, 15) is 22.8 Å². The highest BCUT2D eigenvalue weighted by Gasteiger charge is 2.31. The fourth-order valence-electron chi connectivity index (χ4n) is 3.41. The second-order valence-electron chi connectivity index (χ2n) is 7.75. The Kier molecular flexibility index (Phi) is 6.75.